The summed E-state index contributed by atoms with van der Waals surface area (Å²) in [5.41, 5.74) is 0.937. The lowest BCUT2D eigenvalue weighted by atomic mass is 10.2. The molecule has 3 N–H and O–H groups in total. The van der Waals surface area contributed by atoms with Crippen molar-refractivity contribution in [3.63, 3.8) is 0 Å². The standard InChI is InChI=1S/C18H30N4O4S.HI/c1-3-20-18(21-10-4-11-26-16-9-12-25-14-16)22-13-15-5-7-17(8-6-15)27(23,24)19-2;/h5-8,16,19H,3-4,9-14H2,1-2H3,(H2,20,21,22);1H. The molecule has 1 fully saturated rings. The Labute approximate surface area is 184 Å². The van der Waals surface area contributed by atoms with Crippen LogP contribution in [0.1, 0.15) is 25.3 Å². The summed E-state index contributed by atoms with van der Waals surface area (Å²) >= 11 is 0. The van der Waals surface area contributed by atoms with Crippen LogP contribution in [0.2, 0.25) is 0 Å². The number of sulfonamides is 1. The van der Waals surface area contributed by atoms with Crippen LogP contribution in [0.4, 0.5) is 0 Å². The highest BCUT2D eigenvalue weighted by Gasteiger charge is 2.15. The highest BCUT2D eigenvalue weighted by Crippen LogP contribution is 2.11. The lowest BCUT2D eigenvalue weighted by Crippen LogP contribution is -2.38. The Hall–Kier alpha value is -0.950. The van der Waals surface area contributed by atoms with E-state index in [-0.39, 0.29) is 35.0 Å². The number of hydrogen-bond donors (Lipinski definition) is 3. The molecule has 28 heavy (non-hydrogen) atoms. The predicted octanol–water partition coefficient (Wildman–Crippen LogP) is 1.46. The molecule has 8 nitrogen and oxygen atoms in total. The van der Waals surface area contributed by atoms with Crippen molar-refractivity contribution in [2.75, 3.05) is 40.0 Å². The fourth-order valence-electron chi connectivity index (χ4n) is 2.58. The zero-order valence-electron chi connectivity index (χ0n) is 16.4. The molecule has 1 aromatic carbocycles. The van der Waals surface area contributed by atoms with E-state index in [1.165, 1.54) is 7.05 Å². The number of rotatable bonds is 10. The molecule has 1 atom stereocenters. The van der Waals surface area contributed by atoms with E-state index in [0.29, 0.717) is 19.8 Å². The van der Waals surface area contributed by atoms with Gasteiger partial charge in [-0.15, -0.1) is 24.0 Å². The molecule has 0 amide bonds. The number of guanidine groups is 1. The van der Waals surface area contributed by atoms with Gasteiger partial charge in [0.15, 0.2) is 5.96 Å². The van der Waals surface area contributed by atoms with Crippen LogP contribution in [0.3, 0.4) is 0 Å². The highest BCUT2D eigenvalue weighted by molar-refractivity contribution is 14.0. The van der Waals surface area contributed by atoms with Gasteiger partial charge in [0, 0.05) is 26.3 Å². The molecule has 0 radical (unpaired) electrons. The van der Waals surface area contributed by atoms with Crippen molar-refractivity contribution in [3.05, 3.63) is 29.8 Å². The first-order valence-electron chi connectivity index (χ1n) is 9.29. The van der Waals surface area contributed by atoms with E-state index in [1.54, 1.807) is 24.3 Å². The minimum atomic E-state index is -3.41. The van der Waals surface area contributed by atoms with Crippen molar-refractivity contribution in [3.8, 4) is 0 Å². The van der Waals surface area contributed by atoms with Crippen molar-refractivity contribution in [2.45, 2.75) is 37.3 Å². The summed E-state index contributed by atoms with van der Waals surface area (Å²) < 4.78 is 36.8. The lowest BCUT2D eigenvalue weighted by molar-refractivity contribution is 0.0420. The topological polar surface area (TPSA) is 101 Å². The van der Waals surface area contributed by atoms with Gasteiger partial charge in [-0.2, -0.15) is 0 Å². The number of aliphatic imine (C=N–C) groups is 1. The van der Waals surface area contributed by atoms with Gasteiger partial charge in [0.2, 0.25) is 10.0 Å². The van der Waals surface area contributed by atoms with Crippen LogP contribution in [0.15, 0.2) is 34.2 Å². The fourth-order valence-corrected chi connectivity index (χ4v) is 3.31. The normalized spacial score (nSPS) is 17.2. The maximum atomic E-state index is 11.7. The maximum Gasteiger partial charge on any atom is 0.240 e. The molecule has 0 saturated carbocycles. The van der Waals surface area contributed by atoms with Gasteiger partial charge in [0.1, 0.15) is 0 Å². The molecular formula is C18H31IN4O4S. The Kier molecular flexibility index (Phi) is 11.9. The highest BCUT2D eigenvalue weighted by atomic mass is 127. The summed E-state index contributed by atoms with van der Waals surface area (Å²) in [5, 5.41) is 6.48. The molecule has 2 rings (SSSR count). The number of benzene rings is 1. The van der Waals surface area contributed by atoms with Gasteiger partial charge in [-0.3, -0.25) is 0 Å². The minimum absolute atomic E-state index is 0. The van der Waals surface area contributed by atoms with E-state index in [0.717, 1.165) is 44.1 Å². The van der Waals surface area contributed by atoms with E-state index in [1.807, 2.05) is 6.92 Å². The third kappa shape index (κ3) is 8.60. The largest absolute Gasteiger partial charge is 0.379 e. The van der Waals surface area contributed by atoms with Gasteiger partial charge in [-0.25, -0.2) is 18.1 Å². The Morgan fingerprint density at radius 1 is 1.29 bits per heavy atom. The van der Waals surface area contributed by atoms with E-state index >= 15 is 0 Å². The van der Waals surface area contributed by atoms with Gasteiger partial charge in [0.05, 0.1) is 24.2 Å². The Morgan fingerprint density at radius 2 is 2.04 bits per heavy atom. The molecule has 0 aliphatic carbocycles. The monoisotopic (exact) mass is 526 g/mol. The molecule has 1 unspecified atom stereocenters. The molecular weight excluding hydrogens is 495 g/mol. The second kappa shape index (κ2) is 13.3. The minimum Gasteiger partial charge on any atom is -0.379 e. The van der Waals surface area contributed by atoms with Crippen molar-refractivity contribution in [2.24, 2.45) is 4.99 Å². The number of halogens is 1. The van der Waals surface area contributed by atoms with Crippen LogP contribution < -0.4 is 15.4 Å². The van der Waals surface area contributed by atoms with Crippen LogP contribution >= 0.6 is 24.0 Å². The first-order chi connectivity index (χ1) is 13.0. The van der Waals surface area contributed by atoms with Crippen LogP contribution in [0.5, 0.6) is 0 Å². The second-order valence-electron chi connectivity index (χ2n) is 6.18. The molecule has 0 spiro atoms. The average molecular weight is 526 g/mol. The molecule has 1 aliphatic heterocycles. The zero-order valence-corrected chi connectivity index (χ0v) is 19.6. The van der Waals surface area contributed by atoms with E-state index in [2.05, 4.69) is 20.3 Å². The SMILES string of the molecule is CCNC(=NCc1ccc(S(=O)(=O)NC)cc1)NCCCOC1CCOC1.I. The molecule has 1 aliphatic rings. The van der Waals surface area contributed by atoms with Crippen LogP contribution in [0.25, 0.3) is 0 Å². The number of hydrogen-bond acceptors (Lipinski definition) is 5. The van der Waals surface area contributed by atoms with Crippen LogP contribution in [-0.4, -0.2) is 60.4 Å². The van der Waals surface area contributed by atoms with Crippen LogP contribution in [-0.2, 0) is 26.0 Å². The molecule has 1 aromatic rings. The summed E-state index contributed by atoms with van der Waals surface area (Å²) in [6.07, 6.45) is 2.10. The van der Waals surface area contributed by atoms with Crippen LogP contribution in [0, 0.1) is 0 Å². The van der Waals surface area contributed by atoms with Gasteiger partial charge in [-0.1, -0.05) is 12.1 Å². The Bertz CT molecular complexity index is 692. The van der Waals surface area contributed by atoms with E-state index in [9.17, 15) is 8.42 Å². The average Bonchev–Trinajstić information content (AvgIpc) is 3.19. The fraction of sp³-hybridized carbons (Fsp3) is 0.611. The van der Waals surface area contributed by atoms with Gasteiger partial charge >= 0.3 is 0 Å². The number of ether oxygens (including phenoxy) is 2. The second-order valence-corrected chi connectivity index (χ2v) is 8.07. The quantitative estimate of drug-likeness (QED) is 0.185. The van der Waals surface area contributed by atoms with Gasteiger partial charge in [-0.05, 0) is 44.5 Å². The predicted molar refractivity (Wildman–Crippen MR) is 121 cm³/mol. The Morgan fingerprint density at radius 3 is 2.64 bits per heavy atom. The molecule has 1 heterocycles. The van der Waals surface area contributed by atoms with Crippen molar-refractivity contribution >= 4 is 40.0 Å². The summed E-state index contributed by atoms with van der Waals surface area (Å²) in [6, 6.07) is 6.71. The summed E-state index contributed by atoms with van der Waals surface area (Å²) in [4.78, 5) is 4.79. The van der Waals surface area contributed by atoms with Crippen molar-refractivity contribution in [1.29, 1.82) is 0 Å². The summed E-state index contributed by atoms with van der Waals surface area (Å²) in [5.74, 6) is 0.730. The summed E-state index contributed by atoms with van der Waals surface area (Å²) in [7, 11) is -2.01. The van der Waals surface area contributed by atoms with Crippen molar-refractivity contribution < 1.29 is 17.9 Å². The maximum absolute atomic E-state index is 11.7. The van der Waals surface area contributed by atoms with Crippen molar-refractivity contribution in [1.82, 2.24) is 15.4 Å². The third-order valence-corrected chi connectivity index (χ3v) is 5.55. The first kappa shape index (κ1) is 25.1. The molecule has 10 heteroatoms. The Balaban J connectivity index is 0.00000392. The molecule has 0 bridgehead atoms. The molecule has 160 valence electrons. The van der Waals surface area contributed by atoms with Gasteiger partial charge < -0.3 is 20.1 Å². The lowest BCUT2D eigenvalue weighted by Gasteiger charge is -2.13. The first-order valence-corrected chi connectivity index (χ1v) is 10.8. The van der Waals surface area contributed by atoms with E-state index in [4.69, 9.17) is 9.47 Å². The number of nitrogens with one attached hydrogen (secondary N) is 3. The number of nitrogens with zero attached hydrogens (tertiary/aromatic N) is 1. The third-order valence-electron chi connectivity index (χ3n) is 4.12. The summed E-state index contributed by atoms with van der Waals surface area (Å²) in [6.45, 7) is 6.19. The van der Waals surface area contributed by atoms with E-state index < -0.39 is 10.0 Å². The smallest absolute Gasteiger partial charge is 0.240 e. The van der Waals surface area contributed by atoms with Gasteiger partial charge in [0.25, 0.3) is 0 Å². The molecule has 0 aromatic heterocycles. The zero-order chi connectivity index (χ0) is 19.5. The molecule has 1 saturated heterocycles.